The van der Waals surface area contributed by atoms with Gasteiger partial charge in [0, 0.05) is 0 Å². The summed E-state index contributed by atoms with van der Waals surface area (Å²) in [7, 11) is 0. The van der Waals surface area contributed by atoms with Crippen molar-refractivity contribution in [2.75, 3.05) is 0 Å². The van der Waals surface area contributed by atoms with Crippen molar-refractivity contribution in [3.05, 3.63) is 12.2 Å². The maximum absolute atomic E-state index is 12.5. The fraction of sp³-hybridized carbons (Fsp3) is 0.778. The Kier molecular flexibility index (Phi) is 2.11. The Morgan fingerprint density at radius 2 is 1.07 bits per heavy atom. The van der Waals surface area contributed by atoms with Gasteiger partial charge in [0.15, 0.2) is 0 Å². The van der Waals surface area contributed by atoms with Crippen LogP contribution in [0.15, 0.2) is 12.2 Å². The van der Waals surface area contributed by atoms with Gasteiger partial charge in [-0.25, -0.2) is 0 Å². The molecule has 0 aromatic heterocycles. The van der Waals surface area contributed by atoms with Gasteiger partial charge in [-0.05, 0) is 18.3 Å². The summed E-state index contributed by atoms with van der Waals surface area (Å²) in [5.74, 6) is -6.46. The zero-order valence-corrected chi connectivity index (χ0v) is 7.44. The van der Waals surface area contributed by atoms with E-state index in [1.807, 2.05) is 0 Å². The van der Waals surface area contributed by atoms with Crippen LogP contribution in [0.4, 0.5) is 26.3 Å². The predicted octanol–water partition coefficient (Wildman–Crippen LogP) is 3.55. The molecule has 2 aliphatic carbocycles. The summed E-state index contributed by atoms with van der Waals surface area (Å²) >= 11 is 0. The first-order valence-corrected chi connectivity index (χ1v) is 4.53. The molecule has 0 saturated heterocycles. The van der Waals surface area contributed by atoms with Crippen LogP contribution < -0.4 is 0 Å². The SMILES string of the molecule is FC(F)(F)C1C2C=CC(C2)C1C(F)(F)F. The molecule has 0 amide bonds. The molecule has 4 unspecified atom stereocenters. The lowest BCUT2D eigenvalue weighted by atomic mass is 9.82. The molecule has 4 atom stereocenters. The van der Waals surface area contributed by atoms with Crippen molar-refractivity contribution < 1.29 is 26.3 Å². The minimum Gasteiger partial charge on any atom is -0.171 e. The van der Waals surface area contributed by atoms with Gasteiger partial charge in [-0.3, -0.25) is 0 Å². The molecular weight excluding hydrogens is 222 g/mol. The second-order valence-electron chi connectivity index (χ2n) is 4.08. The molecular formula is C9H8F6. The van der Waals surface area contributed by atoms with Crippen molar-refractivity contribution in [1.29, 1.82) is 0 Å². The minimum atomic E-state index is -4.76. The molecule has 0 spiro atoms. The van der Waals surface area contributed by atoms with Crippen molar-refractivity contribution >= 4 is 0 Å². The first kappa shape index (κ1) is 10.8. The van der Waals surface area contributed by atoms with Crippen LogP contribution in [0, 0.1) is 23.7 Å². The van der Waals surface area contributed by atoms with Crippen molar-refractivity contribution in [3.63, 3.8) is 0 Å². The van der Waals surface area contributed by atoms with Gasteiger partial charge in [-0.1, -0.05) is 12.2 Å². The number of rotatable bonds is 0. The number of fused-ring (bicyclic) bond motifs is 2. The van der Waals surface area contributed by atoms with Crippen LogP contribution >= 0.6 is 0 Å². The highest BCUT2D eigenvalue weighted by Crippen LogP contribution is 2.58. The smallest absolute Gasteiger partial charge is 0.171 e. The van der Waals surface area contributed by atoms with Gasteiger partial charge in [0.1, 0.15) is 0 Å². The first-order chi connectivity index (χ1) is 6.71. The average molecular weight is 230 g/mol. The molecule has 2 aliphatic rings. The monoisotopic (exact) mass is 230 g/mol. The van der Waals surface area contributed by atoms with E-state index in [0.717, 1.165) is 0 Å². The van der Waals surface area contributed by atoms with Gasteiger partial charge in [-0.15, -0.1) is 0 Å². The number of alkyl halides is 6. The third kappa shape index (κ3) is 1.63. The molecule has 1 fully saturated rings. The summed E-state index contributed by atoms with van der Waals surface area (Å²) in [5, 5.41) is 0. The van der Waals surface area contributed by atoms with Crippen LogP contribution in [0.2, 0.25) is 0 Å². The summed E-state index contributed by atoms with van der Waals surface area (Å²) in [6, 6.07) is 0. The molecule has 0 N–H and O–H groups in total. The van der Waals surface area contributed by atoms with Gasteiger partial charge < -0.3 is 0 Å². The summed E-state index contributed by atoms with van der Waals surface area (Å²) < 4.78 is 74.8. The molecule has 2 bridgehead atoms. The van der Waals surface area contributed by atoms with Crippen LogP contribution in [0.3, 0.4) is 0 Å². The largest absolute Gasteiger partial charge is 0.393 e. The molecule has 1 saturated carbocycles. The van der Waals surface area contributed by atoms with E-state index in [9.17, 15) is 26.3 Å². The van der Waals surface area contributed by atoms with E-state index in [2.05, 4.69) is 0 Å². The van der Waals surface area contributed by atoms with Gasteiger partial charge in [0.05, 0.1) is 11.8 Å². The highest BCUT2D eigenvalue weighted by Gasteiger charge is 2.65. The van der Waals surface area contributed by atoms with Crippen LogP contribution in [0.5, 0.6) is 0 Å². The van der Waals surface area contributed by atoms with Gasteiger partial charge in [-0.2, -0.15) is 26.3 Å². The summed E-state index contributed by atoms with van der Waals surface area (Å²) in [5.41, 5.74) is 0. The fourth-order valence-electron chi connectivity index (χ4n) is 2.71. The van der Waals surface area contributed by atoms with Crippen LogP contribution in [-0.2, 0) is 0 Å². The lowest BCUT2D eigenvalue weighted by molar-refractivity contribution is -0.256. The maximum Gasteiger partial charge on any atom is 0.393 e. The Hall–Kier alpha value is -0.680. The van der Waals surface area contributed by atoms with Crippen molar-refractivity contribution in [2.45, 2.75) is 18.8 Å². The molecule has 0 heterocycles. The van der Waals surface area contributed by atoms with E-state index in [0.29, 0.717) is 0 Å². The second kappa shape index (κ2) is 2.92. The molecule has 0 aliphatic heterocycles. The number of halogens is 6. The normalized spacial score (nSPS) is 40.1. The van der Waals surface area contributed by atoms with Crippen LogP contribution in [0.25, 0.3) is 0 Å². The topological polar surface area (TPSA) is 0 Å². The zero-order valence-electron chi connectivity index (χ0n) is 7.44. The number of hydrogen-bond acceptors (Lipinski definition) is 0. The lowest BCUT2D eigenvalue weighted by Crippen LogP contribution is -2.41. The van der Waals surface area contributed by atoms with E-state index < -0.39 is 36.0 Å². The van der Waals surface area contributed by atoms with Crippen LogP contribution in [-0.4, -0.2) is 12.4 Å². The van der Waals surface area contributed by atoms with Gasteiger partial charge in [0.2, 0.25) is 0 Å². The third-order valence-electron chi connectivity index (χ3n) is 3.22. The van der Waals surface area contributed by atoms with Gasteiger partial charge in [0.25, 0.3) is 0 Å². The average Bonchev–Trinajstić information content (AvgIpc) is 2.56. The van der Waals surface area contributed by atoms with Crippen LogP contribution in [0.1, 0.15) is 6.42 Å². The summed E-state index contributed by atoms with van der Waals surface area (Å²) in [6.45, 7) is 0. The summed E-state index contributed by atoms with van der Waals surface area (Å²) in [6.07, 6.45) is -7.00. The van der Waals surface area contributed by atoms with E-state index in [1.54, 1.807) is 0 Å². The zero-order chi connectivity index (χ0) is 11.4. The maximum atomic E-state index is 12.5. The second-order valence-corrected chi connectivity index (χ2v) is 4.08. The van der Waals surface area contributed by atoms with E-state index in [4.69, 9.17) is 0 Å². The predicted molar refractivity (Wildman–Crippen MR) is 39.8 cm³/mol. The van der Waals surface area contributed by atoms with E-state index >= 15 is 0 Å². The molecule has 15 heavy (non-hydrogen) atoms. The Morgan fingerprint density at radius 1 is 0.733 bits per heavy atom. The van der Waals surface area contributed by atoms with Gasteiger partial charge >= 0.3 is 12.4 Å². The van der Waals surface area contributed by atoms with Crippen molar-refractivity contribution in [2.24, 2.45) is 23.7 Å². The first-order valence-electron chi connectivity index (χ1n) is 4.53. The Balaban J connectivity index is 2.33. The molecule has 0 nitrogen and oxygen atoms in total. The summed E-state index contributed by atoms with van der Waals surface area (Å²) in [4.78, 5) is 0. The van der Waals surface area contributed by atoms with Crippen molar-refractivity contribution in [3.8, 4) is 0 Å². The Labute approximate surface area is 82.0 Å². The molecule has 6 heteroatoms. The number of allylic oxidation sites excluding steroid dienone is 2. The van der Waals surface area contributed by atoms with Crippen molar-refractivity contribution in [1.82, 2.24) is 0 Å². The minimum absolute atomic E-state index is 0.0195. The lowest BCUT2D eigenvalue weighted by Gasteiger charge is -2.31. The van der Waals surface area contributed by atoms with E-state index in [-0.39, 0.29) is 6.42 Å². The molecule has 86 valence electrons. The third-order valence-corrected chi connectivity index (χ3v) is 3.22. The number of hydrogen-bond donors (Lipinski definition) is 0. The Morgan fingerprint density at radius 3 is 1.33 bits per heavy atom. The quantitative estimate of drug-likeness (QED) is 0.441. The van der Waals surface area contributed by atoms with E-state index in [1.165, 1.54) is 12.2 Å². The molecule has 0 aromatic rings. The highest BCUT2D eigenvalue weighted by atomic mass is 19.4. The highest BCUT2D eigenvalue weighted by molar-refractivity contribution is 5.16. The molecule has 2 rings (SSSR count). The fourth-order valence-corrected chi connectivity index (χ4v) is 2.71. The Bertz CT molecular complexity index is 258. The molecule has 0 aromatic carbocycles. The molecule has 0 radical (unpaired) electrons. The standard InChI is InChI=1S/C9H8F6/c10-8(11,12)6-4-1-2-5(3-4)7(6)9(13,14)15/h1-2,4-7H,3H2.